The van der Waals surface area contributed by atoms with Crippen molar-refractivity contribution >= 4 is 34.0 Å². The Bertz CT molecular complexity index is 1330. The average Bonchev–Trinajstić information content (AvgIpc) is 2.87. The fourth-order valence-electron chi connectivity index (χ4n) is 3.82. The number of hydrogen-bond donors (Lipinski definition) is 3. The molecule has 11 heteroatoms. The van der Waals surface area contributed by atoms with Crippen molar-refractivity contribution in [1.29, 1.82) is 0 Å². The lowest BCUT2D eigenvalue weighted by molar-refractivity contribution is -0.157. The smallest absolute Gasteiger partial charge is 0.334 e. The van der Waals surface area contributed by atoms with E-state index in [4.69, 9.17) is 16.2 Å². The van der Waals surface area contributed by atoms with Crippen molar-refractivity contribution in [3.05, 3.63) is 96.1 Å². The molecule has 0 saturated carbocycles. The van der Waals surface area contributed by atoms with Crippen molar-refractivity contribution in [3.8, 4) is 0 Å². The maximum absolute atomic E-state index is 13.9. The summed E-state index contributed by atoms with van der Waals surface area (Å²) in [6, 6.07) is 22.4. The van der Waals surface area contributed by atoms with Gasteiger partial charge in [0.15, 0.2) is 11.5 Å². The van der Waals surface area contributed by atoms with E-state index >= 15 is 0 Å². The second-order valence-electron chi connectivity index (χ2n) is 7.66. The molecular formula is C25H27N5O5S. The summed E-state index contributed by atoms with van der Waals surface area (Å²) in [5.74, 6) is -1.12. The topological polar surface area (TPSA) is 157 Å². The summed E-state index contributed by atoms with van der Waals surface area (Å²) in [5, 5.41) is 0. The largest absolute Gasteiger partial charge is 0.464 e. The third kappa shape index (κ3) is 5.53. The van der Waals surface area contributed by atoms with Crippen LogP contribution in [0.2, 0.25) is 0 Å². The second-order valence-corrected chi connectivity index (χ2v) is 9.45. The molecule has 0 aromatic heterocycles. The van der Waals surface area contributed by atoms with Crippen molar-refractivity contribution in [3.63, 3.8) is 0 Å². The van der Waals surface area contributed by atoms with Gasteiger partial charge in [0, 0.05) is 6.42 Å². The van der Waals surface area contributed by atoms with Gasteiger partial charge in [0.25, 0.3) is 10.0 Å². The molecule has 3 aromatic rings. The summed E-state index contributed by atoms with van der Waals surface area (Å²) >= 11 is 0. The minimum atomic E-state index is -4.48. The van der Waals surface area contributed by atoms with Gasteiger partial charge in [0.1, 0.15) is 0 Å². The van der Waals surface area contributed by atoms with Gasteiger partial charge in [0.05, 0.1) is 17.2 Å². The molecule has 0 aliphatic carbocycles. The van der Waals surface area contributed by atoms with Crippen LogP contribution in [-0.2, 0) is 36.3 Å². The van der Waals surface area contributed by atoms with Gasteiger partial charge in [-0.2, -0.15) is 0 Å². The van der Waals surface area contributed by atoms with Crippen LogP contribution in [0.25, 0.3) is 0 Å². The van der Waals surface area contributed by atoms with Crippen molar-refractivity contribution in [1.82, 2.24) is 9.84 Å². The number of rotatable bonds is 11. The molecule has 0 aliphatic rings. The summed E-state index contributed by atoms with van der Waals surface area (Å²) in [7, 11) is -4.48. The monoisotopic (exact) mass is 509 g/mol. The second kappa shape index (κ2) is 11.5. The van der Waals surface area contributed by atoms with Gasteiger partial charge in [-0.05, 0) is 42.3 Å². The Balaban J connectivity index is 2.40. The van der Waals surface area contributed by atoms with Gasteiger partial charge in [0.2, 0.25) is 6.41 Å². The standard InChI is InChI=1S/C25H27N5O5S/c1-2-35-23(32)25(17-19-10-5-3-6-11-19,20-12-9-13-21(16-20)29-24(26)27)30(28-18-31)36(33,34)22-14-7-4-8-15-22/h3-16,18H,2,17H2,1H3,(H,28,31)(H4,26,27,29)/t25-/m1/s1. The SMILES string of the molecule is CCOC(=O)[C@@](Cc1ccccc1)(c1cccc(N=C(N)N)c1)N(NC=O)S(=O)(=O)c1ccccc1. The number of esters is 1. The quantitative estimate of drug-likeness (QED) is 0.117. The summed E-state index contributed by atoms with van der Waals surface area (Å²) in [5.41, 5.74) is 12.3. The summed E-state index contributed by atoms with van der Waals surface area (Å²) in [6.45, 7) is 1.56. The lowest BCUT2D eigenvalue weighted by Gasteiger charge is -2.40. The Labute approximate surface area is 209 Å². The number of sulfonamides is 1. The lowest BCUT2D eigenvalue weighted by Crippen LogP contribution is -2.61. The Kier molecular flexibility index (Phi) is 8.41. The zero-order chi connectivity index (χ0) is 26.2. The zero-order valence-corrected chi connectivity index (χ0v) is 20.4. The predicted molar refractivity (Wildman–Crippen MR) is 135 cm³/mol. The highest BCUT2D eigenvalue weighted by Gasteiger charge is 2.53. The highest BCUT2D eigenvalue weighted by Crippen LogP contribution is 2.38. The molecule has 3 aromatic carbocycles. The van der Waals surface area contributed by atoms with Crippen LogP contribution in [0.3, 0.4) is 0 Å². The molecule has 3 rings (SSSR count). The first-order valence-electron chi connectivity index (χ1n) is 11.0. The van der Waals surface area contributed by atoms with Gasteiger partial charge in [-0.3, -0.25) is 10.2 Å². The molecule has 0 spiro atoms. The van der Waals surface area contributed by atoms with Crippen LogP contribution >= 0.6 is 0 Å². The summed E-state index contributed by atoms with van der Waals surface area (Å²) in [6.07, 6.45) is 0.0180. The molecule has 36 heavy (non-hydrogen) atoms. The van der Waals surface area contributed by atoms with Crippen LogP contribution in [0.1, 0.15) is 18.1 Å². The third-order valence-corrected chi connectivity index (χ3v) is 7.06. The molecule has 1 amide bonds. The molecule has 0 radical (unpaired) electrons. The first kappa shape index (κ1) is 26.4. The third-order valence-electron chi connectivity index (χ3n) is 5.30. The van der Waals surface area contributed by atoms with E-state index in [9.17, 15) is 18.0 Å². The van der Waals surface area contributed by atoms with Gasteiger partial charge in [-0.1, -0.05) is 65.1 Å². The van der Waals surface area contributed by atoms with Gasteiger partial charge in [-0.15, -0.1) is 0 Å². The van der Waals surface area contributed by atoms with E-state index in [1.165, 1.54) is 30.3 Å². The maximum Gasteiger partial charge on any atom is 0.334 e. The molecule has 0 bridgehead atoms. The van der Waals surface area contributed by atoms with E-state index < -0.39 is 21.5 Å². The van der Waals surface area contributed by atoms with Gasteiger partial charge >= 0.3 is 5.97 Å². The number of carbonyl (C=O) groups is 2. The number of ether oxygens (including phenoxy) is 1. The number of hydrogen-bond acceptors (Lipinski definition) is 6. The maximum atomic E-state index is 13.9. The van der Waals surface area contributed by atoms with E-state index in [0.717, 1.165) is 0 Å². The molecule has 5 N–H and O–H groups in total. The minimum absolute atomic E-state index is 0.0384. The van der Waals surface area contributed by atoms with E-state index in [2.05, 4.69) is 10.4 Å². The predicted octanol–water partition coefficient (Wildman–Crippen LogP) is 1.94. The van der Waals surface area contributed by atoms with E-state index in [1.54, 1.807) is 61.5 Å². The first-order chi connectivity index (χ1) is 17.3. The van der Waals surface area contributed by atoms with Crippen LogP contribution in [0.4, 0.5) is 5.69 Å². The highest BCUT2D eigenvalue weighted by molar-refractivity contribution is 7.89. The zero-order valence-electron chi connectivity index (χ0n) is 19.6. The number of guanidine groups is 1. The van der Waals surface area contributed by atoms with E-state index in [1.807, 2.05) is 0 Å². The van der Waals surface area contributed by atoms with Crippen LogP contribution in [0.5, 0.6) is 0 Å². The minimum Gasteiger partial charge on any atom is -0.464 e. The van der Waals surface area contributed by atoms with Crippen LogP contribution in [0, 0.1) is 0 Å². The summed E-state index contributed by atoms with van der Waals surface area (Å²) < 4.78 is 33.9. The molecule has 1 atom stereocenters. The Morgan fingerprint density at radius 1 is 1.03 bits per heavy atom. The Morgan fingerprint density at radius 2 is 1.67 bits per heavy atom. The molecule has 188 valence electrons. The number of benzene rings is 3. The Morgan fingerprint density at radius 3 is 2.25 bits per heavy atom. The fraction of sp³-hybridized carbons (Fsp3) is 0.160. The lowest BCUT2D eigenvalue weighted by atomic mass is 9.84. The molecule has 0 unspecified atom stereocenters. The molecule has 10 nitrogen and oxygen atoms in total. The number of nitrogens with zero attached hydrogens (tertiary/aromatic N) is 2. The number of amides is 1. The van der Waals surface area contributed by atoms with Crippen molar-refractivity contribution in [2.75, 3.05) is 6.61 Å². The number of nitrogens with one attached hydrogen (secondary N) is 1. The van der Waals surface area contributed by atoms with Crippen molar-refractivity contribution in [2.24, 2.45) is 16.5 Å². The average molecular weight is 510 g/mol. The van der Waals surface area contributed by atoms with Crippen LogP contribution in [0.15, 0.2) is 94.8 Å². The summed E-state index contributed by atoms with van der Waals surface area (Å²) in [4.78, 5) is 29.5. The number of nitrogens with two attached hydrogens (primary N) is 2. The van der Waals surface area contributed by atoms with Crippen molar-refractivity contribution < 1.29 is 22.7 Å². The van der Waals surface area contributed by atoms with Gasteiger partial charge in [-0.25, -0.2) is 18.2 Å². The molecule has 0 fully saturated rings. The number of carbonyl (C=O) groups excluding carboxylic acids is 2. The van der Waals surface area contributed by atoms with Crippen molar-refractivity contribution in [2.45, 2.75) is 23.8 Å². The molecular weight excluding hydrogens is 482 g/mol. The first-order valence-corrected chi connectivity index (χ1v) is 12.4. The molecule has 0 saturated heterocycles. The van der Waals surface area contributed by atoms with Gasteiger partial charge < -0.3 is 16.2 Å². The van der Waals surface area contributed by atoms with E-state index in [0.29, 0.717) is 9.98 Å². The molecule has 0 aliphatic heterocycles. The van der Waals surface area contributed by atoms with Crippen LogP contribution in [-0.4, -0.2) is 37.8 Å². The normalized spacial score (nSPS) is 12.8. The fourth-order valence-corrected chi connectivity index (χ4v) is 5.37. The highest BCUT2D eigenvalue weighted by atomic mass is 32.2. The Hall–Kier alpha value is -4.22. The van der Waals surface area contributed by atoms with E-state index in [-0.39, 0.29) is 41.5 Å². The number of aliphatic imine (C=N–C) groups is 1. The van der Waals surface area contributed by atoms with Crippen LogP contribution < -0.4 is 16.9 Å². The molecule has 0 heterocycles. The number of hydrazine groups is 1.